The predicted molar refractivity (Wildman–Crippen MR) is 101 cm³/mol. The fraction of sp³-hybridized carbons (Fsp3) is 0.0556. The van der Waals surface area contributed by atoms with Crippen LogP contribution in [-0.2, 0) is 4.79 Å². The largest absolute Gasteiger partial charge is 0.507 e. The third-order valence-corrected chi connectivity index (χ3v) is 4.27. The van der Waals surface area contributed by atoms with E-state index in [0.29, 0.717) is 27.6 Å². The van der Waals surface area contributed by atoms with E-state index >= 15 is 0 Å². The molecular weight excluding hydrogens is 352 g/mol. The van der Waals surface area contributed by atoms with E-state index in [9.17, 15) is 14.7 Å². The molecule has 5 N–H and O–H groups in total. The molecule has 3 aromatic rings. The van der Waals surface area contributed by atoms with Gasteiger partial charge >= 0.3 is 0 Å². The second-order valence-corrected chi connectivity index (χ2v) is 6.27. The van der Waals surface area contributed by atoms with Gasteiger partial charge in [-0.05, 0) is 36.4 Å². The number of nitrogens with two attached hydrogens (primary N) is 1. The number of rotatable bonds is 5. The zero-order valence-electron chi connectivity index (χ0n) is 13.6. The number of anilines is 2. The van der Waals surface area contributed by atoms with Crippen molar-refractivity contribution in [3.8, 4) is 17.0 Å². The second-order valence-electron chi connectivity index (χ2n) is 5.41. The maximum Gasteiger partial charge on any atom is 0.251 e. The van der Waals surface area contributed by atoms with Crippen LogP contribution in [0.2, 0.25) is 0 Å². The van der Waals surface area contributed by atoms with Crippen molar-refractivity contribution in [2.75, 3.05) is 17.6 Å². The molecule has 0 aliphatic heterocycles. The van der Waals surface area contributed by atoms with Gasteiger partial charge < -0.3 is 21.5 Å². The van der Waals surface area contributed by atoms with Gasteiger partial charge in [-0.1, -0.05) is 12.1 Å². The van der Waals surface area contributed by atoms with Gasteiger partial charge in [0, 0.05) is 22.2 Å². The Labute approximate surface area is 153 Å². The Morgan fingerprint density at radius 2 is 1.85 bits per heavy atom. The van der Waals surface area contributed by atoms with Crippen molar-refractivity contribution in [2.45, 2.75) is 0 Å². The van der Waals surface area contributed by atoms with Crippen LogP contribution in [0.3, 0.4) is 0 Å². The minimum absolute atomic E-state index is 0.117. The van der Waals surface area contributed by atoms with Gasteiger partial charge in [-0.25, -0.2) is 4.98 Å². The smallest absolute Gasteiger partial charge is 0.251 e. The van der Waals surface area contributed by atoms with Crippen molar-refractivity contribution in [1.82, 2.24) is 10.3 Å². The summed E-state index contributed by atoms with van der Waals surface area (Å²) in [7, 11) is 0. The predicted octanol–water partition coefficient (Wildman–Crippen LogP) is 2.47. The van der Waals surface area contributed by atoms with E-state index in [2.05, 4.69) is 15.6 Å². The molecule has 0 aliphatic rings. The first-order chi connectivity index (χ1) is 12.5. The molecule has 132 valence electrons. The highest BCUT2D eigenvalue weighted by Gasteiger charge is 2.12. The molecule has 2 aromatic carbocycles. The van der Waals surface area contributed by atoms with Crippen molar-refractivity contribution < 1.29 is 14.7 Å². The summed E-state index contributed by atoms with van der Waals surface area (Å²) in [5.74, 6) is -0.646. The second kappa shape index (κ2) is 7.66. The van der Waals surface area contributed by atoms with E-state index < -0.39 is 5.91 Å². The van der Waals surface area contributed by atoms with Gasteiger partial charge in [0.2, 0.25) is 5.91 Å². The fourth-order valence-electron chi connectivity index (χ4n) is 2.21. The van der Waals surface area contributed by atoms with E-state index in [1.165, 1.54) is 11.3 Å². The highest BCUT2D eigenvalue weighted by Crippen LogP contribution is 2.30. The van der Waals surface area contributed by atoms with Crippen LogP contribution in [0.5, 0.6) is 5.75 Å². The molecule has 26 heavy (non-hydrogen) atoms. The first-order valence-electron chi connectivity index (χ1n) is 7.70. The Kier molecular flexibility index (Phi) is 5.14. The molecule has 0 bridgehead atoms. The van der Waals surface area contributed by atoms with Gasteiger partial charge in [-0.2, -0.15) is 0 Å². The highest BCUT2D eigenvalue weighted by molar-refractivity contribution is 7.14. The molecule has 0 saturated carbocycles. The lowest BCUT2D eigenvalue weighted by Crippen LogP contribution is -2.32. The normalized spacial score (nSPS) is 10.3. The zero-order chi connectivity index (χ0) is 18.5. The van der Waals surface area contributed by atoms with Crippen LogP contribution in [-0.4, -0.2) is 28.4 Å². The summed E-state index contributed by atoms with van der Waals surface area (Å²) in [4.78, 5) is 28.2. The molecule has 8 heteroatoms. The number of hydrogen-bond donors (Lipinski definition) is 4. The number of benzene rings is 2. The molecule has 0 unspecified atom stereocenters. The van der Waals surface area contributed by atoms with Crippen LogP contribution >= 0.6 is 11.3 Å². The van der Waals surface area contributed by atoms with Crippen LogP contribution in [0.15, 0.2) is 53.9 Å². The van der Waals surface area contributed by atoms with Gasteiger partial charge in [0.05, 0.1) is 12.2 Å². The topological polar surface area (TPSA) is 117 Å². The summed E-state index contributed by atoms with van der Waals surface area (Å²) in [6, 6.07) is 13.2. The average Bonchev–Trinajstić information content (AvgIpc) is 3.09. The fourth-order valence-corrected chi connectivity index (χ4v) is 2.93. The summed E-state index contributed by atoms with van der Waals surface area (Å²) in [5.41, 5.74) is 7.70. The van der Waals surface area contributed by atoms with Crippen LogP contribution < -0.4 is 16.4 Å². The standard InChI is InChI=1S/C18H16N4O3S/c19-12-7-5-11(6-8-12)17(25)20-9-16(24)22-18-21-14(10-26-18)13-3-1-2-4-15(13)23/h1-8,10,23H,9,19H2,(H,20,25)(H,21,22,24). The Bertz CT molecular complexity index is 938. The first kappa shape index (κ1) is 17.4. The molecular formula is C18H16N4O3S. The van der Waals surface area contributed by atoms with Crippen molar-refractivity contribution >= 4 is 34.0 Å². The lowest BCUT2D eigenvalue weighted by molar-refractivity contribution is -0.115. The number of para-hydroxylation sites is 1. The number of nitrogen functional groups attached to an aromatic ring is 1. The van der Waals surface area contributed by atoms with E-state index in [1.807, 2.05) is 0 Å². The van der Waals surface area contributed by atoms with Gasteiger partial charge in [-0.15, -0.1) is 11.3 Å². The minimum Gasteiger partial charge on any atom is -0.507 e. The Hall–Kier alpha value is -3.39. The third-order valence-electron chi connectivity index (χ3n) is 3.51. The number of amides is 2. The highest BCUT2D eigenvalue weighted by atomic mass is 32.1. The van der Waals surface area contributed by atoms with E-state index in [-0.39, 0.29) is 18.2 Å². The number of aromatic nitrogens is 1. The lowest BCUT2D eigenvalue weighted by Gasteiger charge is -2.05. The average molecular weight is 368 g/mol. The maximum absolute atomic E-state index is 12.0. The van der Waals surface area contributed by atoms with E-state index in [0.717, 1.165) is 0 Å². The molecule has 0 saturated heterocycles. The maximum atomic E-state index is 12.0. The number of phenolic OH excluding ortho intramolecular Hbond substituents is 1. The number of carbonyl (C=O) groups excluding carboxylic acids is 2. The van der Waals surface area contributed by atoms with Crippen LogP contribution in [0.1, 0.15) is 10.4 Å². The molecule has 3 rings (SSSR count). The molecule has 7 nitrogen and oxygen atoms in total. The molecule has 0 aliphatic carbocycles. The summed E-state index contributed by atoms with van der Waals surface area (Å²) >= 11 is 1.23. The lowest BCUT2D eigenvalue weighted by atomic mass is 10.1. The van der Waals surface area contributed by atoms with Crippen LogP contribution in [0.4, 0.5) is 10.8 Å². The molecule has 2 amide bonds. The summed E-state index contributed by atoms with van der Waals surface area (Å²) in [5, 5.41) is 17.1. The number of aromatic hydroxyl groups is 1. The zero-order valence-corrected chi connectivity index (χ0v) is 14.4. The van der Waals surface area contributed by atoms with Crippen molar-refractivity contribution in [1.29, 1.82) is 0 Å². The quantitative estimate of drug-likeness (QED) is 0.516. The summed E-state index contributed by atoms with van der Waals surface area (Å²) < 4.78 is 0. The minimum atomic E-state index is -0.396. The third kappa shape index (κ3) is 4.17. The van der Waals surface area contributed by atoms with E-state index in [4.69, 9.17) is 5.73 Å². The van der Waals surface area contributed by atoms with Crippen molar-refractivity contribution in [2.24, 2.45) is 0 Å². The number of carbonyl (C=O) groups is 2. The number of phenols is 1. The van der Waals surface area contributed by atoms with Gasteiger partial charge in [0.1, 0.15) is 5.75 Å². The van der Waals surface area contributed by atoms with Crippen LogP contribution in [0.25, 0.3) is 11.3 Å². The van der Waals surface area contributed by atoms with Crippen molar-refractivity contribution in [3.05, 3.63) is 59.5 Å². The van der Waals surface area contributed by atoms with Gasteiger partial charge in [0.25, 0.3) is 5.91 Å². The Morgan fingerprint density at radius 3 is 2.58 bits per heavy atom. The van der Waals surface area contributed by atoms with Gasteiger partial charge in [-0.3, -0.25) is 9.59 Å². The van der Waals surface area contributed by atoms with Crippen LogP contribution in [0, 0.1) is 0 Å². The Morgan fingerprint density at radius 1 is 1.12 bits per heavy atom. The molecule has 0 radical (unpaired) electrons. The number of nitrogens with zero attached hydrogens (tertiary/aromatic N) is 1. The summed E-state index contributed by atoms with van der Waals surface area (Å²) in [6.07, 6.45) is 0. The van der Waals surface area contributed by atoms with Crippen molar-refractivity contribution in [3.63, 3.8) is 0 Å². The first-order valence-corrected chi connectivity index (χ1v) is 8.58. The molecule has 0 atom stereocenters. The monoisotopic (exact) mass is 368 g/mol. The summed E-state index contributed by atoms with van der Waals surface area (Å²) in [6.45, 7) is -0.186. The number of hydrogen-bond acceptors (Lipinski definition) is 6. The molecule has 1 heterocycles. The number of nitrogens with one attached hydrogen (secondary N) is 2. The molecule has 0 fully saturated rings. The molecule has 1 aromatic heterocycles. The number of thiazole rings is 1. The van der Waals surface area contributed by atoms with Gasteiger partial charge in [0.15, 0.2) is 5.13 Å². The molecule has 0 spiro atoms. The van der Waals surface area contributed by atoms with E-state index in [1.54, 1.807) is 53.9 Å². The Balaban J connectivity index is 1.56. The SMILES string of the molecule is Nc1ccc(C(=O)NCC(=O)Nc2nc(-c3ccccc3O)cs2)cc1.